The summed E-state index contributed by atoms with van der Waals surface area (Å²) in [5, 5.41) is 5.25. The Hall–Kier alpha value is -0.460. The van der Waals surface area contributed by atoms with E-state index in [0.29, 0.717) is 25.9 Å². The average Bonchev–Trinajstić information content (AvgIpc) is 2.13. The first-order chi connectivity index (χ1) is 6.54. The Morgan fingerprint density at radius 1 is 1.27 bits per heavy atom. The summed E-state index contributed by atoms with van der Waals surface area (Å²) < 4.78 is 30.6. The molecule has 0 radical (unpaired) electrons. The lowest BCUT2D eigenvalue weighted by Crippen LogP contribution is -2.62. The number of ether oxygens (including phenoxy) is 1. The van der Waals surface area contributed by atoms with Crippen molar-refractivity contribution in [3.63, 3.8) is 0 Å². The van der Waals surface area contributed by atoms with Crippen molar-refractivity contribution < 1.29 is 18.3 Å². The topological polar surface area (TPSA) is 50.4 Å². The number of alkyl halides is 2. The zero-order chi connectivity index (χ0) is 10.2. The molecule has 2 aliphatic rings. The Kier molecular flexibility index (Phi) is 3.52. The molecule has 2 N–H and O–H groups in total. The quantitative estimate of drug-likeness (QED) is 0.641. The van der Waals surface area contributed by atoms with Gasteiger partial charge in [-0.3, -0.25) is 4.79 Å². The molecule has 2 saturated heterocycles. The number of piperidine rings is 1. The molecule has 15 heavy (non-hydrogen) atoms. The van der Waals surface area contributed by atoms with Gasteiger partial charge in [-0.15, -0.1) is 12.4 Å². The monoisotopic (exact) mass is 242 g/mol. The highest BCUT2D eigenvalue weighted by molar-refractivity contribution is 5.85. The van der Waals surface area contributed by atoms with Crippen molar-refractivity contribution in [2.45, 2.75) is 24.6 Å². The van der Waals surface area contributed by atoms with Gasteiger partial charge in [0.05, 0.1) is 5.60 Å². The second-order valence-electron chi connectivity index (χ2n) is 3.73. The molecule has 0 aromatic heterocycles. The molecule has 2 fully saturated rings. The lowest BCUT2D eigenvalue weighted by molar-refractivity contribution is -0.295. The van der Waals surface area contributed by atoms with Crippen LogP contribution in [0.3, 0.4) is 0 Å². The fraction of sp³-hybridized carbons (Fsp3) is 0.875. The first kappa shape index (κ1) is 12.6. The first-order valence-electron chi connectivity index (χ1n) is 4.61. The second kappa shape index (κ2) is 4.19. The summed E-state index contributed by atoms with van der Waals surface area (Å²) >= 11 is 0. The van der Waals surface area contributed by atoms with E-state index in [2.05, 4.69) is 15.4 Å². The molecular weight excluding hydrogens is 230 g/mol. The van der Waals surface area contributed by atoms with Gasteiger partial charge >= 0.3 is 12.0 Å². The zero-order valence-electron chi connectivity index (χ0n) is 8.02. The lowest BCUT2D eigenvalue weighted by atomic mass is 9.91. The van der Waals surface area contributed by atoms with E-state index in [0.717, 1.165) is 0 Å². The van der Waals surface area contributed by atoms with Crippen molar-refractivity contribution in [3.8, 4) is 0 Å². The van der Waals surface area contributed by atoms with E-state index < -0.39 is 17.6 Å². The summed E-state index contributed by atoms with van der Waals surface area (Å²) in [6.07, 6.45) is -2.67. The van der Waals surface area contributed by atoms with Crippen molar-refractivity contribution in [1.29, 1.82) is 0 Å². The van der Waals surface area contributed by atoms with Gasteiger partial charge in [0.25, 0.3) is 0 Å². The van der Waals surface area contributed by atoms with Crippen LogP contribution in [-0.2, 0) is 9.53 Å². The van der Waals surface area contributed by atoms with Crippen LogP contribution in [0, 0.1) is 0 Å². The highest BCUT2D eigenvalue weighted by Gasteiger charge is 2.53. The SMILES string of the molecule is Cl.O=C1NCC2(CCNCC2)OC1(F)F. The number of morpholine rings is 1. The maximum Gasteiger partial charge on any atom is 0.437 e. The average molecular weight is 243 g/mol. The van der Waals surface area contributed by atoms with Gasteiger partial charge in [-0.1, -0.05) is 0 Å². The molecule has 4 nitrogen and oxygen atoms in total. The maximum absolute atomic E-state index is 13.0. The maximum atomic E-state index is 13.0. The predicted octanol–water partition coefficient (Wildman–Crippen LogP) is 0.270. The second-order valence-corrected chi connectivity index (χ2v) is 3.73. The minimum absolute atomic E-state index is 0. The van der Waals surface area contributed by atoms with Crippen LogP contribution >= 0.6 is 12.4 Å². The van der Waals surface area contributed by atoms with Crippen LogP contribution in [0.4, 0.5) is 8.78 Å². The van der Waals surface area contributed by atoms with Crippen LogP contribution in [-0.4, -0.2) is 37.3 Å². The number of rotatable bonds is 0. The lowest BCUT2D eigenvalue weighted by Gasteiger charge is -2.42. The van der Waals surface area contributed by atoms with Crippen LogP contribution in [0.15, 0.2) is 0 Å². The third kappa shape index (κ3) is 2.38. The number of hydrogen-bond donors (Lipinski definition) is 2. The van der Waals surface area contributed by atoms with Gasteiger partial charge in [0, 0.05) is 6.54 Å². The van der Waals surface area contributed by atoms with Crippen LogP contribution in [0.5, 0.6) is 0 Å². The van der Waals surface area contributed by atoms with Crippen molar-refractivity contribution >= 4 is 18.3 Å². The highest BCUT2D eigenvalue weighted by Crippen LogP contribution is 2.33. The van der Waals surface area contributed by atoms with Crippen molar-refractivity contribution in [1.82, 2.24) is 10.6 Å². The third-order valence-electron chi connectivity index (χ3n) is 2.69. The third-order valence-corrected chi connectivity index (χ3v) is 2.69. The Morgan fingerprint density at radius 3 is 2.40 bits per heavy atom. The van der Waals surface area contributed by atoms with E-state index in [1.807, 2.05) is 0 Å². The summed E-state index contributed by atoms with van der Waals surface area (Å²) in [6, 6.07) is 0. The van der Waals surface area contributed by atoms with Gasteiger partial charge in [-0.2, -0.15) is 8.78 Å². The molecule has 0 unspecified atom stereocenters. The summed E-state index contributed by atoms with van der Waals surface area (Å²) in [7, 11) is 0. The van der Waals surface area contributed by atoms with E-state index in [9.17, 15) is 13.6 Å². The van der Waals surface area contributed by atoms with Gasteiger partial charge in [-0.25, -0.2) is 0 Å². The number of amides is 1. The van der Waals surface area contributed by atoms with Crippen LogP contribution in [0.25, 0.3) is 0 Å². The van der Waals surface area contributed by atoms with Gasteiger partial charge < -0.3 is 15.4 Å². The Balaban J connectivity index is 0.00000112. The van der Waals surface area contributed by atoms with Crippen molar-refractivity contribution in [2.75, 3.05) is 19.6 Å². The predicted molar refractivity (Wildman–Crippen MR) is 51.1 cm³/mol. The first-order valence-corrected chi connectivity index (χ1v) is 4.61. The van der Waals surface area contributed by atoms with Crippen molar-refractivity contribution in [3.05, 3.63) is 0 Å². The van der Waals surface area contributed by atoms with Crippen LogP contribution in [0.2, 0.25) is 0 Å². The molecule has 0 bridgehead atoms. The van der Waals surface area contributed by atoms with Crippen molar-refractivity contribution in [2.24, 2.45) is 0 Å². The fourth-order valence-electron chi connectivity index (χ4n) is 1.86. The molecule has 1 amide bonds. The summed E-state index contributed by atoms with van der Waals surface area (Å²) in [5.74, 6) is -1.33. The summed E-state index contributed by atoms with van der Waals surface area (Å²) in [4.78, 5) is 10.7. The van der Waals surface area contributed by atoms with Gasteiger partial charge in [-0.05, 0) is 25.9 Å². The molecule has 0 aromatic rings. The van der Waals surface area contributed by atoms with Gasteiger partial charge in [0.2, 0.25) is 0 Å². The minimum atomic E-state index is -3.67. The Bertz CT molecular complexity index is 257. The Morgan fingerprint density at radius 2 is 1.87 bits per heavy atom. The van der Waals surface area contributed by atoms with Gasteiger partial charge in [0.15, 0.2) is 0 Å². The summed E-state index contributed by atoms with van der Waals surface area (Å²) in [6.45, 7) is 1.47. The van der Waals surface area contributed by atoms with E-state index in [-0.39, 0.29) is 19.0 Å². The molecule has 7 heteroatoms. The molecule has 88 valence electrons. The van der Waals surface area contributed by atoms with E-state index in [4.69, 9.17) is 0 Å². The highest BCUT2D eigenvalue weighted by atomic mass is 35.5. The molecule has 0 saturated carbocycles. The summed E-state index contributed by atoms with van der Waals surface area (Å²) in [5.41, 5.74) is -0.872. The smallest absolute Gasteiger partial charge is 0.346 e. The fourth-order valence-corrected chi connectivity index (χ4v) is 1.86. The zero-order valence-corrected chi connectivity index (χ0v) is 8.83. The molecule has 0 aliphatic carbocycles. The Labute approximate surface area is 92.1 Å². The standard InChI is InChI=1S/C8H12F2N2O2.ClH/c9-8(10)6(13)12-5-7(14-8)1-3-11-4-2-7;/h11H,1-5H2,(H,12,13);1H. The van der Waals surface area contributed by atoms with E-state index in [1.165, 1.54) is 0 Å². The number of carbonyl (C=O) groups excluding carboxylic acids is 1. The molecule has 2 aliphatic heterocycles. The van der Waals surface area contributed by atoms with E-state index in [1.54, 1.807) is 0 Å². The molecule has 0 atom stereocenters. The van der Waals surface area contributed by atoms with Crippen LogP contribution in [0.1, 0.15) is 12.8 Å². The van der Waals surface area contributed by atoms with Gasteiger partial charge in [0.1, 0.15) is 0 Å². The molecular formula is C8H13ClF2N2O2. The number of nitrogens with one attached hydrogen (secondary N) is 2. The normalized spacial score (nSPS) is 28.0. The van der Waals surface area contributed by atoms with E-state index >= 15 is 0 Å². The molecule has 0 aromatic carbocycles. The number of halogens is 3. The molecule has 2 heterocycles. The van der Waals surface area contributed by atoms with Crippen LogP contribution < -0.4 is 10.6 Å². The molecule has 2 rings (SSSR count). The number of hydrogen-bond acceptors (Lipinski definition) is 3. The minimum Gasteiger partial charge on any atom is -0.346 e. The largest absolute Gasteiger partial charge is 0.437 e. The number of carbonyl (C=O) groups is 1. The molecule has 1 spiro atoms.